The molecule has 0 saturated carbocycles. The molecule has 0 bridgehead atoms. The van der Waals surface area contributed by atoms with E-state index in [4.69, 9.17) is 9.15 Å². The summed E-state index contributed by atoms with van der Waals surface area (Å²) in [4.78, 5) is 40.3. The first-order chi connectivity index (χ1) is 15.5. The van der Waals surface area contributed by atoms with Crippen molar-refractivity contribution in [2.24, 2.45) is 0 Å². The molecule has 1 heterocycles. The van der Waals surface area contributed by atoms with Gasteiger partial charge in [-0.15, -0.1) is 0 Å². The predicted molar refractivity (Wildman–Crippen MR) is 119 cm³/mol. The van der Waals surface area contributed by atoms with Gasteiger partial charge in [0, 0.05) is 18.3 Å². The summed E-state index contributed by atoms with van der Waals surface area (Å²) in [6.07, 6.45) is 0. The summed E-state index contributed by atoms with van der Waals surface area (Å²) in [5.41, 5.74) is 3.11. The lowest BCUT2D eigenvalue weighted by Crippen LogP contribution is -2.21. The Morgan fingerprint density at radius 2 is 1.53 bits per heavy atom. The monoisotopic (exact) mass is 429 g/mol. The molecule has 0 spiro atoms. The van der Waals surface area contributed by atoms with Crippen LogP contribution in [0.3, 0.4) is 0 Å². The van der Waals surface area contributed by atoms with Gasteiger partial charge in [0.15, 0.2) is 12.2 Å². The Morgan fingerprint density at radius 3 is 2.25 bits per heavy atom. The van der Waals surface area contributed by atoms with Crippen LogP contribution in [-0.2, 0) is 14.3 Å². The molecule has 1 aromatic heterocycles. The first-order valence-corrected chi connectivity index (χ1v) is 9.79. The molecule has 4 aromatic rings. The van der Waals surface area contributed by atoms with Crippen molar-refractivity contribution in [1.29, 1.82) is 0 Å². The van der Waals surface area contributed by atoms with Crippen molar-refractivity contribution in [1.82, 2.24) is 4.98 Å². The molecule has 8 nitrogen and oxygen atoms in total. The fourth-order valence-corrected chi connectivity index (χ4v) is 3.08. The molecule has 0 aliphatic carbocycles. The van der Waals surface area contributed by atoms with Crippen LogP contribution in [0.1, 0.15) is 17.3 Å². The fraction of sp³-hybridized carbons (Fsp3) is 0.0833. The van der Waals surface area contributed by atoms with Crippen molar-refractivity contribution in [3.05, 3.63) is 78.4 Å². The summed E-state index contributed by atoms with van der Waals surface area (Å²) in [7, 11) is 0. The highest BCUT2D eigenvalue weighted by molar-refractivity contribution is 5.99. The molecule has 2 amide bonds. The van der Waals surface area contributed by atoms with E-state index in [-0.39, 0.29) is 11.5 Å². The fourth-order valence-electron chi connectivity index (χ4n) is 3.08. The maximum Gasteiger partial charge on any atom is 0.339 e. The Morgan fingerprint density at radius 1 is 0.875 bits per heavy atom. The summed E-state index contributed by atoms with van der Waals surface area (Å²) in [5, 5.41) is 5.27. The third-order valence-corrected chi connectivity index (χ3v) is 4.49. The first-order valence-electron chi connectivity index (χ1n) is 9.79. The third-order valence-electron chi connectivity index (χ3n) is 4.49. The minimum atomic E-state index is -0.668. The van der Waals surface area contributed by atoms with Gasteiger partial charge in [-0.25, -0.2) is 9.78 Å². The molecule has 32 heavy (non-hydrogen) atoms. The smallest absolute Gasteiger partial charge is 0.339 e. The number of para-hydroxylation sites is 2. The maximum absolute atomic E-state index is 12.6. The quantitative estimate of drug-likeness (QED) is 0.444. The number of benzene rings is 3. The number of anilines is 2. The summed E-state index contributed by atoms with van der Waals surface area (Å²) in [6, 6.07) is 20.6. The molecule has 0 aliphatic rings. The Labute approximate surface area is 183 Å². The highest BCUT2D eigenvalue weighted by Gasteiger charge is 2.19. The largest absolute Gasteiger partial charge is 0.452 e. The summed E-state index contributed by atoms with van der Waals surface area (Å²) < 4.78 is 11.0. The van der Waals surface area contributed by atoms with Crippen LogP contribution in [0.4, 0.5) is 11.4 Å². The van der Waals surface area contributed by atoms with Crippen LogP contribution in [0.2, 0.25) is 0 Å². The minimum absolute atomic E-state index is 0.188. The normalized spacial score (nSPS) is 10.5. The van der Waals surface area contributed by atoms with E-state index in [1.165, 1.54) is 6.92 Å². The number of oxazole rings is 1. The molecule has 8 heteroatoms. The second-order valence-electron chi connectivity index (χ2n) is 6.92. The molecular formula is C24H19N3O5. The summed E-state index contributed by atoms with van der Waals surface area (Å²) >= 11 is 0. The lowest BCUT2D eigenvalue weighted by Gasteiger charge is -2.09. The second kappa shape index (κ2) is 9.13. The van der Waals surface area contributed by atoms with Crippen LogP contribution < -0.4 is 10.6 Å². The van der Waals surface area contributed by atoms with Gasteiger partial charge in [0.2, 0.25) is 11.8 Å². The zero-order valence-electron chi connectivity index (χ0n) is 17.1. The number of nitrogens with one attached hydrogen (secondary N) is 2. The Hall–Kier alpha value is -4.46. The standard InChI is InChI=1S/C24H19N3O5/c1-15(28)25-16-10-12-17(13-11-16)26-22(29)14-31-24(30)19-7-3-2-6-18(19)23-27-20-8-4-5-9-21(20)32-23/h2-13H,14H2,1H3,(H,25,28)(H,26,29). The van der Waals surface area contributed by atoms with Gasteiger partial charge in [-0.2, -0.15) is 0 Å². The van der Waals surface area contributed by atoms with E-state index in [1.807, 2.05) is 18.2 Å². The number of fused-ring (bicyclic) bond motifs is 1. The van der Waals surface area contributed by atoms with Crippen molar-refractivity contribution >= 4 is 40.3 Å². The zero-order chi connectivity index (χ0) is 22.5. The summed E-state index contributed by atoms with van der Waals surface area (Å²) in [5.74, 6) is -1.06. The molecule has 160 valence electrons. The zero-order valence-corrected chi connectivity index (χ0v) is 17.1. The predicted octanol–water partition coefficient (Wildman–Crippen LogP) is 4.25. The molecule has 0 unspecified atom stereocenters. The Kier molecular flexibility index (Phi) is 5.94. The van der Waals surface area contributed by atoms with Gasteiger partial charge in [0.05, 0.1) is 11.1 Å². The molecule has 0 fully saturated rings. The number of esters is 1. The lowest BCUT2D eigenvalue weighted by molar-refractivity contribution is -0.119. The molecule has 0 aliphatic heterocycles. The molecule has 4 rings (SSSR count). The van der Waals surface area contributed by atoms with E-state index < -0.39 is 18.5 Å². The van der Waals surface area contributed by atoms with Crippen LogP contribution in [0.15, 0.2) is 77.2 Å². The topological polar surface area (TPSA) is 111 Å². The van der Waals surface area contributed by atoms with Crippen LogP contribution in [0, 0.1) is 0 Å². The van der Waals surface area contributed by atoms with E-state index in [0.29, 0.717) is 33.9 Å². The van der Waals surface area contributed by atoms with Crippen LogP contribution in [-0.4, -0.2) is 29.4 Å². The van der Waals surface area contributed by atoms with Crippen molar-refractivity contribution in [2.75, 3.05) is 17.2 Å². The average Bonchev–Trinajstić information content (AvgIpc) is 3.23. The number of aromatic nitrogens is 1. The van der Waals surface area contributed by atoms with Crippen LogP contribution in [0.25, 0.3) is 22.6 Å². The van der Waals surface area contributed by atoms with Gasteiger partial charge in [-0.3, -0.25) is 9.59 Å². The van der Waals surface area contributed by atoms with E-state index >= 15 is 0 Å². The molecule has 0 radical (unpaired) electrons. The molecule has 3 aromatic carbocycles. The third kappa shape index (κ3) is 4.81. The van der Waals surface area contributed by atoms with E-state index in [1.54, 1.807) is 54.6 Å². The number of ether oxygens (including phenoxy) is 1. The molecule has 0 saturated heterocycles. The second-order valence-corrected chi connectivity index (χ2v) is 6.92. The molecular weight excluding hydrogens is 410 g/mol. The Balaban J connectivity index is 1.41. The minimum Gasteiger partial charge on any atom is -0.452 e. The number of hydrogen-bond acceptors (Lipinski definition) is 6. The number of nitrogens with zero attached hydrogens (tertiary/aromatic N) is 1. The lowest BCUT2D eigenvalue weighted by atomic mass is 10.1. The van der Waals surface area contributed by atoms with Gasteiger partial charge in [0.25, 0.3) is 5.91 Å². The van der Waals surface area contributed by atoms with Gasteiger partial charge in [-0.05, 0) is 48.5 Å². The first kappa shape index (κ1) is 20.8. The van der Waals surface area contributed by atoms with Crippen molar-refractivity contribution in [2.45, 2.75) is 6.92 Å². The number of hydrogen-bond donors (Lipinski definition) is 2. The number of rotatable bonds is 6. The van der Waals surface area contributed by atoms with Crippen molar-refractivity contribution in [3.63, 3.8) is 0 Å². The van der Waals surface area contributed by atoms with Crippen LogP contribution in [0.5, 0.6) is 0 Å². The van der Waals surface area contributed by atoms with Crippen LogP contribution >= 0.6 is 0 Å². The van der Waals surface area contributed by atoms with Gasteiger partial charge in [0.1, 0.15) is 5.52 Å². The van der Waals surface area contributed by atoms with Gasteiger partial charge < -0.3 is 19.8 Å². The van der Waals surface area contributed by atoms with Gasteiger partial charge in [-0.1, -0.05) is 24.3 Å². The average molecular weight is 429 g/mol. The Bertz CT molecular complexity index is 1260. The number of amides is 2. The molecule has 2 N–H and O–H groups in total. The number of carbonyl (C=O) groups excluding carboxylic acids is 3. The molecule has 0 atom stereocenters. The van der Waals surface area contributed by atoms with Crippen molar-refractivity contribution in [3.8, 4) is 11.5 Å². The van der Waals surface area contributed by atoms with E-state index in [0.717, 1.165) is 0 Å². The SMILES string of the molecule is CC(=O)Nc1ccc(NC(=O)COC(=O)c2ccccc2-c2nc3ccccc3o2)cc1. The van der Waals surface area contributed by atoms with E-state index in [9.17, 15) is 14.4 Å². The number of carbonyl (C=O) groups is 3. The highest BCUT2D eigenvalue weighted by atomic mass is 16.5. The maximum atomic E-state index is 12.6. The van der Waals surface area contributed by atoms with Gasteiger partial charge >= 0.3 is 5.97 Å². The van der Waals surface area contributed by atoms with E-state index in [2.05, 4.69) is 15.6 Å². The van der Waals surface area contributed by atoms with Crippen molar-refractivity contribution < 1.29 is 23.5 Å². The highest BCUT2D eigenvalue weighted by Crippen LogP contribution is 2.27. The summed E-state index contributed by atoms with van der Waals surface area (Å²) in [6.45, 7) is 0.945.